The smallest absolute Gasteiger partial charge is 0.144 e. The van der Waals surface area contributed by atoms with Crippen LogP contribution >= 0.6 is 11.6 Å². The SMILES string of the molecule is Cc1nn(-c2ccc(O)cc2O)c(C)c1Cl. The molecule has 0 aliphatic rings. The number of phenolic OH excluding ortho intramolecular Hbond substituents is 2. The van der Waals surface area contributed by atoms with Gasteiger partial charge < -0.3 is 10.2 Å². The maximum Gasteiger partial charge on any atom is 0.144 e. The van der Waals surface area contributed by atoms with Gasteiger partial charge in [0.25, 0.3) is 0 Å². The van der Waals surface area contributed by atoms with Crippen molar-refractivity contribution in [1.29, 1.82) is 0 Å². The average molecular weight is 239 g/mol. The van der Waals surface area contributed by atoms with Crippen LogP contribution in [0.2, 0.25) is 5.02 Å². The summed E-state index contributed by atoms with van der Waals surface area (Å²) < 4.78 is 1.55. The third-order valence-corrected chi connectivity index (χ3v) is 2.94. The van der Waals surface area contributed by atoms with Crippen LogP contribution < -0.4 is 0 Å². The summed E-state index contributed by atoms with van der Waals surface area (Å²) in [6, 6.07) is 4.33. The second-order valence-electron chi connectivity index (χ2n) is 3.57. The van der Waals surface area contributed by atoms with Crippen LogP contribution in [0.15, 0.2) is 18.2 Å². The summed E-state index contributed by atoms with van der Waals surface area (Å²) in [5.74, 6) is -0.0313. The zero-order valence-electron chi connectivity index (χ0n) is 8.90. The van der Waals surface area contributed by atoms with Crippen LogP contribution in [0, 0.1) is 13.8 Å². The van der Waals surface area contributed by atoms with Crippen LogP contribution in [0.5, 0.6) is 11.5 Å². The molecule has 16 heavy (non-hydrogen) atoms. The molecule has 0 bridgehead atoms. The minimum Gasteiger partial charge on any atom is -0.508 e. The number of nitrogens with zero attached hydrogens (tertiary/aromatic N) is 2. The molecule has 0 aliphatic carbocycles. The highest BCUT2D eigenvalue weighted by Gasteiger charge is 2.13. The number of rotatable bonds is 1. The fraction of sp³-hybridized carbons (Fsp3) is 0.182. The molecule has 1 aromatic heterocycles. The molecule has 0 unspecified atom stereocenters. The highest BCUT2D eigenvalue weighted by Crippen LogP contribution is 2.29. The maximum absolute atomic E-state index is 9.71. The standard InChI is InChI=1S/C11H11ClN2O2/c1-6-11(12)7(2)14(13-6)9-4-3-8(15)5-10(9)16/h3-5,15-16H,1-2H3. The molecule has 0 fully saturated rings. The first kappa shape index (κ1) is 10.8. The molecule has 5 heteroatoms. The Labute approximate surface area is 97.7 Å². The molecule has 1 aromatic carbocycles. The van der Waals surface area contributed by atoms with E-state index in [-0.39, 0.29) is 11.5 Å². The van der Waals surface area contributed by atoms with Crippen LogP contribution in [-0.2, 0) is 0 Å². The minimum absolute atomic E-state index is 0.00822. The average Bonchev–Trinajstić information content (AvgIpc) is 2.46. The van der Waals surface area contributed by atoms with E-state index in [1.165, 1.54) is 12.1 Å². The number of benzene rings is 1. The first-order chi connectivity index (χ1) is 7.50. The monoisotopic (exact) mass is 238 g/mol. The Kier molecular flexibility index (Phi) is 2.52. The molecule has 2 rings (SSSR count). The Bertz CT molecular complexity index is 549. The lowest BCUT2D eigenvalue weighted by molar-refractivity contribution is 0.447. The van der Waals surface area contributed by atoms with E-state index in [9.17, 15) is 10.2 Å². The normalized spacial score (nSPS) is 10.7. The zero-order valence-corrected chi connectivity index (χ0v) is 9.65. The number of halogens is 1. The van der Waals surface area contributed by atoms with E-state index in [2.05, 4.69) is 5.10 Å². The number of hydrogen-bond acceptors (Lipinski definition) is 3. The van der Waals surface area contributed by atoms with E-state index in [1.807, 2.05) is 6.92 Å². The molecular formula is C11H11ClN2O2. The van der Waals surface area contributed by atoms with E-state index in [1.54, 1.807) is 17.7 Å². The second kappa shape index (κ2) is 3.72. The molecule has 0 aliphatic heterocycles. The fourth-order valence-electron chi connectivity index (χ4n) is 1.55. The van der Waals surface area contributed by atoms with Crippen LogP contribution in [-0.4, -0.2) is 20.0 Å². The number of aromatic hydroxyl groups is 2. The van der Waals surface area contributed by atoms with Crippen molar-refractivity contribution in [2.24, 2.45) is 0 Å². The van der Waals surface area contributed by atoms with Crippen LogP contribution in [0.3, 0.4) is 0 Å². The van der Waals surface area contributed by atoms with E-state index < -0.39 is 0 Å². The van der Waals surface area contributed by atoms with Gasteiger partial charge in [0.05, 0.1) is 16.4 Å². The number of phenols is 2. The Morgan fingerprint density at radius 2 is 1.94 bits per heavy atom. The van der Waals surface area contributed by atoms with Gasteiger partial charge in [0.2, 0.25) is 0 Å². The first-order valence-electron chi connectivity index (χ1n) is 4.75. The van der Waals surface area contributed by atoms with Crippen molar-refractivity contribution in [3.63, 3.8) is 0 Å². The topological polar surface area (TPSA) is 58.3 Å². The summed E-state index contributed by atoms with van der Waals surface area (Å²) in [4.78, 5) is 0. The highest BCUT2D eigenvalue weighted by molar-refractivity contribution is 6.31. The number of aryl methyl sites for hydroxylation is 1. The molecule has 2 aromatic rings. The third kappa shape index (κ3) is 1.61. The van der Waals surface area contributed by atoms with Crippen molar-refractivity contribution in [2.45, 2.75) is 13.8 Å². The lowest BCUT2D eigenvalue weighted by Crippen LogP contribution is -1.99. The van der Waals surface area contributed by atoms with Crippen molar-refractivity contribution < 1.29 is 10.2 Å². The van der Waals surface area contributed by atoms with Gasteiger partial charge in [-0.15, -0.1) is 0 Å². The quantitative estimate of drug-likeness (QED) is 0.803. The molecule has 0 atom stereocenters. The van der Waals surface area contributed by atoms with E-state index in [0.29, 0.717) is 16.4 Å². The van der Waals surface area contributed by atoms with Gasteiger partial charge in [-0.3, -0.25) is 0 Å². The van der Waals surface area contributed by atoms with Gasteiger partial charge in [-0.25, -0.2) is 4.68 Å². The van der Waals surface area contributed by atoms with Crippen molar-refractivity contribution >= 4 is 11.6 Å². The van der Waals surface area contributed by atoms with Gasteiger partial charge in [-0.1, -0.05) is 11.6 Å². The fourth-order valence-corrected chi connectivity index (χ4v) is 1.67. The Morgan fingerprint density at radius 1 is 1.25 bits per heavy atom. The molecule has 1 heterocycles. The second-order valence-corrected chi connectivity index (χ2v) is 3.95. The molecule has 0 spiro atoms. The van der Waals surface area contributed by atoms with Crippen molar-refractivity contribution in [2.75, 3.05) is 0 Å². The Morgan fingerprint density at radius 3 is 2.44 bits per heavy atom. The Hall–Kier alpha value is -1.68. The largest absolute Gasteiger partial charge is 0.508 e. The number of aromatic nitrogens is 2. The van der Waals surface area contributed by atoms with Gasteiger partial charge in [-0.05, 0) is 26.0 Å². The van der Waals surface area contributed by atoms with Gasteiger partial charge in [-0.2, -0.15) is 5.10 Å². The van der Waals surface area contributed by atoms with Gasteiger partial charge in [0.1, 0.15) is 17.2 Å². The molecule has 0 amide bonds. The molecule has 0 saturated carbocycles. The molecule has 4 nitrogen and oxygen atoms in total. The van der Waals surface area contributed by atoms with Crippen molar-refractivity contribution in [3.8, 4) is 17.2 Å². The van der Waals surface area contributed by atoms with E-state index in [0.717, 1.165) is 5.69 Å². The highest BCUT2D eigenvalue weighted by atomic mass is 35.5. The molecule has 84 valence electrons. The minimum atomic E-state index is -0.0396. The molecule has 2 N–H and O–H groups in total. The third-order valence-electron chi connectivity index (χ3n) is 2.39. The summed E-state index contributed by atoms with van der Waals surface area (Å²) in [7, 11) is 0. The van der Waals surface area contributed by atoms with Crippen molar-refractivity contribution in [3.05, 3.63) is 34.6 Å². The Balaban J connectivity index is 2.63. The van der Waals surface area contributed by atoms with Crippen LogP contribution in [0.1, 0.15) is 11.4 Å². The zero-order chi connectivity index (χ0) is 11.9. The van der Waals surface area contributed by atoms with E-state index >= 15 is 0 Å². The predicted octanol–water partition coefficient (Wildman–Crippen LogP) is 2.55. The van der Waals surface area contributed by atoms with Gasteiger partial charge in [0.15, 0.2) is 0 Å². The summed E-state index contributed by atoms with van der Waals surface area (Å²) in [6.07, 6.45) is 0. The maximum atomic E-state index is 9.71. The van der Waals surface area contributed by atoms with E-state index in [4.69, 9.17) is 11.6 Å². The number of hydrogen-bond donors (Lipinski definition) is 2. The lowest BCUT2D eigenvalue weighted by atomic mass is 10.2. The summed E-state index contributed by atoms with van der Waals surface area (Å²) in [5, 5.41) is 23.7. The van der Waals surface area contributed by atoms with Crippen LogP contribution in [0.25, 0.3) is 5.69 Å². The van der Waals surface area contributed by atoms with Crippen LogP contribution in [0.4, 0.5) is 0 Å². The van der Waals surface area contributed by atoms with Crippen molar-refractivity contribution in [1.82, 2.24) is 9.78 Å². The van der Waals surface area contributed by atoms with Gasteiger partial charge >= 0.3 is 0 Å². The first-order valence-corrected chi connectivity index (χ1v) is 5.12. The van der Waals surface area contributed by atoms with Gasteiger partial charge in [0, 0.05) is 6.07 Å². The molecule has 0 saturated heterocycles. The summed E-state index contributed by atoms with van der Waals surface area (Å²) in [5.41, 5.74) is 1.94. The summed E-state index contributed by atoms with van der Waals surface area (Å²) in [6.45, 7) is 3.61. The summed E-state index contributed by atoms with van der Waals surface area (Å²) >= 11 is 6.02. The lowest BCUT2D eigenvalue weighted by Gasteiger charge is -2.06. The molecule has 0 radical (unpaired) electrons. The molecular weight excluding hydrogens is 228 g/mol. The predicted molar refractivity (Wildman–Crippen MR) is 61.4 cm³/mol.